The average Bonchev–Trinajstić information content (AvgIpc) is 2.17. The van der Waals surface area contributed by atoms with Gasteiger partial charge in [-0.3, -0.25) is 0 Å². The van der Waals surface area contributed by atoms with Crippen molar-refractivity contribution in [3.63, 3.8) is 0 Å². The SMILES string of the molecule is C=CC(C)CC(C)CCCCC=CC. The lowest BCUT2D eigenvalue weighted by Gasteiger charge is -2.13. The summed E-state index contributed by atoms with van der Waals surface area (Å²) in [6.45, 7) is 10.5. The lowest BCUT2D eigenvalue weighted by molar-refractivity contribution is 0.422. The van der Waals surface area contributed by atoms with Gasteiger partial charge in [-0.1, -0.05) is 44.9 Å². The smallest absolute Gasteiger partial charge is 0.0262 e. The van der Waals surface area contributed by atoms with E-state index in [2.05, 4.69) is 45.6 Å². The van der Waals surface area contributed by atoms with Crippen LogP contribution in [0.5, 0.6) is 0 Å². The van der Waals surface area contributed by atoms with Crippen molar-refractivity contribution < 1.29 is 0 Å². The molecule has 2 atom stereocenters. The summed E-state index contributed by atoms with van der Waals surface area (Å²) in [6.07, 6.45) is 13.1. The predicted molar refractivity (Wildman–Crippen MR) is 66.4 cm³/mol. The second-order valence-electron chi connectivity index (χ2n) is 4.41. The zero-order chi connectivity index (χ0) is 10.8. The van der Waals surface area contributed by atoms with Gasteiger partial charge in [-0.25, -0.2) is 0 Å². The first-order chi connectivity index (χ1) is 6.70. The van der Waals surface area contributed by atoms with Gasteiger partial charge in [0.2, 0.25) is 0 Å². The van der Waals surface area contributed by atoms with Crippen molar-refractivity contribution in [1.82, 2.24) is 0 Å². The van der Waals surface area contributed by atoms with Gasteiger partial charge < -0.3 is 0 Å². The average molecular weight is 194 g/mol. The number of unbranched alkanes of at least 4 members (excludes halogenated alkanes) is 2. The summed E-state index contributed by atoms with van der Waals surface area (Å²) in [5.41, 5.74) is 0. The van der Waals surface area contributed by atoms with E-state index in [1.807, 2.05) is 0 Å². The monoisotopic (exact) mass is 194 g/mol. The van der Waals surface area contributed by atoms with E-state index in [4.69, 9.17) is 0 Å². The van der Waals surface area contributed by atoms with Crippen LogP contribution in [-0.2, 0) is 0 Å². The number of rotatable bonds is 8. The fraction of sp³-hybridized carbons (Fsp3) is 0.714. The Bertz CT molecular complexity index is 155. The Hall–Kier alpha value is -0.520. The summed E-state index contributed by atoms with van der Waals surface area (Å²) < 4.78 is 0. The summed E-state index contributed by atoms with van der Waals surface area (Å²) in [6, 6.07) is 0. The largest absolute Gasteiger partial charge is 0.103 e. The van der Waals surface area contributed by atoms with Gasteiger partial charge in [0, 0.05) is 0 Å². The summed E-state index contributed by atoms with van der Waals surface area (Å²) in [5, 5.41) is 0. The molecule has 0 aromatic rings. The van der Waals surface area contributed by atoms with Gasteiger partial charge in [0.15, 0.2) is 0 Å². The molecule has 0 fully saturated rings. The van der Waals surface area contributed by atoms with E-state index in [0.29, 0.717) is 5.92 Å². The Morgan fingerprint density at radius 3 is 2.50 bits per heavy atom. The molecule has 0 aromatic carbocycles. The van der Waals surface area contributed by atoms with Crippen molar-refractivity contribution in [3.8, 4) is 0 Å². The third-order valence-corrected chi connectivity index (χ3v) is 2.73. The minimum Gasteiger partial charge on any atom is -0.103 e. The van der Waals surface area contributed by atoms with Crippen molar-refractivity contribution in [2.75, 3.05) is 0 Å². The lowest BCUT2D eigenvalue weighted by atomic mass is 9.93. The van der Waals surface area contributed by atoms with E-state index < -0.39 is 0 Å². The highest BCUT2D eigenvalue weighted by molar-refractivity contribution is 4.78. The van der Waals surface area contributed by atoms with Crippen LogP contribution in [0, 0.1) is 11.8 Å². The van der Waals surface area contributed by atoms with Gasteiger partial charge in [-0.05, 0) is 38.0 Å². The molecule has 0 bridgehead atoms. The first kappa shape index (κ1) is 13.5. The van der Waals surface area contributed by atoms with Gasteiger partial charge in [0.05, 0.1) is 0 Å². The molecule has 0 nitrogen and oxygen atoms in total. The highest BCUT2D eigenvalue weighted by Crippen LogP contribution is 2.18. The quantitative estimate of drug-likeness (QED) is 0.378. The van der Waals surface area contributed by atoms with Gasteiger partial charge >= 0.3 is 0 Å². The van der Waals surface area contributed by atoms with E-state index in [9.17, 15) is 0 Å². The third kappa shape index (κ3) is 8.10. The van der Waals surface area contributed by atoms with Crippen LogP contribution in [0.3, 0.4) is 0 Å². The maximum absolute atomic E-state index is 3.83. The number of hydrogen-bond donors (Lipinski definition) is 0. The van der Waals surface area contributed by atoms with Crippen LogP contribution in [-0.4, -0.2) is 0 Å². The maximum Gasteiger partial charge on any atom is -0.0262 e. The minimum atomic E-state index is 0.681. The van der Waals surface area contributed by atoms with Crippen LogP contribution in [0.2, 0.25) is 0 Å². The topological polar surface area (TPSA) is 0 Å². The molecule has 0 amide bonds. The van der Waals surface area contributed by atoms with Gasteiger partial charge in [-0.2, -0.15) is 0 Å². The standard InChI is InChI=1S/C14H26/c1-5-7-8-9-10-11-14(4)12-13(3)6-2/h5-7,13-14H,2,8-12H2,1,3-4H3. The zero-order valence-corrected chi connectivity index (χ0v) is 10.1. The molecular formula is C14H26. The summed E-state index contributed by atoms with van der Waals surface area (Å²) >= 11 is 0. The molecule has 14 heavy (non-hydrogen) atoms. The molecule has 0 spiro atoms. The predicted octanol–water partition coefficient (Wildman–Crippen LogP) is 4.97. The van der Waals surface area contributed by atoms with Gasteiger partial charge in [0.25, 0.3) is 0 Å². The highest BCUT2D eigenvalue weighted by Gasteiger charge is 2.05. The van der Waals surface area contributed by atoms with E-state index >= 15 is 0 Å². The van der Waals surface area contributed by atoms with Crippen LogP contribution >= 0.6 is 0 Å². The second-order valence-corrected chi connectivity index (χ2v) is 4.41. The van der Waals surface area contributed by atoms with E-state index in [1.165, 1.54) is 32.1 Å². The molecule has 82 valence electrons. The lowest BCUT2D eigenvalue weighted by Crippen LogP contribution is -2.00. The Morgan fingerprint density at radius 2 is 1.93 bits per heavy atom. The Labute approximate surface area is 90.1 Å². The first-order valence-electron chi connectivity index (χ1n) is 5.94. The molecule has 0 heteroatoms. The molecule has 0 heterocycles. The van der Waals surface area contributed by atoms with Crippen LogP contribution in [0.25, 0.3) is 0 Å². The summed E-state index contributed by atoms with van der Waals surface area (Å²) in [5.74, 6) is 1.54. The second kappa shape index (κ2) is 9.05. The van der Waals surface area contributed by atoms with Crippen molar-refractivity contribution in [3.05, 3.63) is 24.8 Å². The molecule has 0 radical (unpaired) electrons. The molecule has 0 saturated heterocycles. The van der Waals surface area contributed by atoms with Crippen LogP contribution in [0.1, 0.15) is 52.9 Å². The molecule has 0 aliphatic heterocycles. The fourth-order valence-electron chi connectivity index (χ4n) is 1.77. The first-order valence-corrected chi connectivity index (χ1v) is 5.94. The summed E-state index contributed by atoms with van der Waals surface area (Å²) in [4.78, 5) is 0. The molecule has 0 aliphatic rings. The summed E-state index contributed by atoms with van der Waals surface area (Å²) in [7, 11) is 0. The van der Waals surface area contributed by atoms with Crippen molar-refractivity contribution >= 4 is 0 Å². The molecule has 0 N–H and O–H groups in total. The van der Waals surface area contributed by atoms with Gasteiger partial charge in [-0.15, -0.1) is 6.58 Å². The zero-order valence-electron chi connectivity index (χ0n) is 10.1. The molecule has 0 rings (SSSR count). The van der Waals surface area contributed by atoms with E-state index in [0.717, 1.165) is 5.92 Å². The van der Waals surface area contributed by atoms with E-state index in [-0.39, 0.29) is 0 Å². The molecule has 2 unspecified atom stereocenters. The fourth-order valence-corrected chi connectivity index (χ4v) is 1.77. The van der Waals surface area contributed by atoms with Crippen molar-refractivity contribution in [2.24, 2.45) is 11.8 Å². The molecular weight excluding hydrogens is 168 g/mol. The van der Waals surface area contributed by atoms with Crippen molar-refractivity contribution in [2.45, 2.75) is 52.9 Å². The van der Waals surface area contributed by atoms with Crippen LogP contribution in [0.4, 0.5) is 0 Å². The number of hydrogen-bond acceptors (Lipinski definition) is 0. The third-order valence-electron chi connectivity index (χ3n) is 2.73. The highest BCUT2D eigenvalue weighted by atomic mass is 14.1. The Balaban J connectivity index is 3.34. The Morgan fingerprint density at radius 1 is 1.21 bits per heavy atom. The normalized spacial score (nSPS) is 15.6. The Kier molecular flexibility index (Phi) is 8.72. The van der Waals surface area contributed by atoms with Crippen LogP contribution < -0.4 is 0 Å². The van der Waals surface area contributed by atoms with E-state index in [1.54, 1.807) is 0 Å². The number of allylic oxidation sites excluding steroid dienone is 3. The molecule has 0 aromatic heterocycles. The van der Waals surface area contributed by atoms with Gasteiger partial charge in [0.1, 0.15) is 0 Å². The molecule has 0 aliphatic carbocycles. The molecule has 0 saturated carbocycles. The minimum absolute atomic E-state index is 0.681. The maximum atomic E-state index is 3.83. The van der Waals surface area contributed by atoms with Crippen molar-refractivity contribution in [1.29, 1.82) is 0 Å². The van der Waals surface area contributed by atoms with Crippen LogP contribution in [0.15, 0.2) is 24.8 Å².